The molecule has 0 unspecified atom stereocenters. The minimum atomic E-state index is -3.52. The molecule has 1 fully saturated rings. The van der Waals surface area contributed by atoms with Gasteiger partial charge in [0.15, 0.2) is 0 Å². The Morgan fingerprint density at radius 2 is 1.65 bits per heavy atom. The molecule has 1 amide bonds. The first-order valence-corrected chi connectivity index (χ1v) is 12.7. The third-order valence-corrected chi connectivity index (χ3v) is 7.79. The molecule has 0 bridgehead atoms. The number of piperidine rings is 1. The van der Waals surface area contributed by atoms with Gasteiger partial charge in [0.1, 0.15) is 5.75 Å². The van der Waals surface area contributed by atoms with Crippen LogP contribution < -0.4 is 10.1 Å². The molecule has 1 saturated heterocycles. The van der Waals surface area contributed by atoms with Gasteiger partial charge >= 0.3 is 0 Å². The quantitative estimate of drug-likeness (QED) is 0.550. The van der Waals surface area contributed by atoms with Crippen LogP contribution in [0.15, 0.2) is 24.3 Å². The lowest BCUT2D eigenvalue weighted by Gasteiger charge is -2.35. The summed E-state index contributed by atoms with van der Waals surface area (Å²) in [4.78, 5) is 12.7. The molecule has 0 radical (unpaired) electrons. The molecule has 1 aliphatic heterocycles. The van der Waals surface area contributed by atoms with E-state index in [1.54, 1.807) is 27.9 Å². The summed E-state index contributed by atoms with van der Waals surface area (Å²) in [6.07, 6.45) is 2.72. The van der Waals surface area contributed by atoms with Gasteiger partial charge in [-0.1, -0.05) is 39.8 Å². The SMILES string of the molecule is COc1ccccc1NC(=O)C1CCN(S(=O)(=O)N(CCC(C)C)CCC(C)C)CC1. The molecular weight excluding hydrogens is 414 g/mol. The van der Waals surface area contributed by atoms with Crippen LogP contribution in [-0.2, 0) is 15.0 Å². The van der Waals surface area contributed by atoms with Crippen LogP contribution >= 0.6 is 0 Å². The van der Waals surface area contributed by atoms with Crippen molar-refractivity contribution in [2.24, 2.45) is 17.8 Å². The lowest BCUT2D eigenvalue weighted by molar-refractivity contribution is -0.120. The number of para-hydroxylation sites is 2. The second-order valence-corrected chi connectivity index (χ2v) is 11.1. The number of nitrogens with zero attached hydrogens (tertiary/aromatic N) is 2. The zero-order chi connectivity index (χ0) is 23.0. The van der Waals surface area contributed by atoms with Crippen LogP contribution in [0.25, 0.3) is 0 Å². The van der Waals surface area contributed by atoms with Crippen molar-refractivity contribution in [3.63, 3.8) is 0 Å². The molecule has 7 nitrogen and oxygen atoms in total. The molecule has 1 aromatic rings. The maximum atomic E-state index is 13.3. The Morgan fingerprint density at radius 3 is 2.16 bits per heavy atom. The van der Waals surface area contributed by atoms with Crippen LogP contribution in [0.1, 0.15) is 53.4 Å². The van der Waals surface area contributed by atoms with Gasteiger partial charge in [0.2, 0.25) is 5.91 Å². The zero-order valence-corrected chi connectivity index (χ0v) is 20.5. The standard InChI is InChI=1S/C23H39N3O4S/c1-18(2)10-14-25(15-11-19(3)4)31(28,29)26-16-12-20(13-17-26)23(27)24-21-8-6-7-9-22(21)30-5/h6-9,18-20H,10-17H2,1-5H3,(H,24,27). The third-order valence-electron chi connectivity index (χ3n) is 5.75. The predicted molar refractivity (Wildman–Crippen MR) is 125 cm³/mol. The molecule has 1 aliphatic rings. The first-order chi connectivity index (χ1) is 14.6. The predicted octanol–water partition coefficient (Wildman–Crippen LogP) is 3.98. The number of nitrogens with one attached hydrogen (secondary N) is 1. The summed E-state index contributed by atoms with van der Waals surface area (Å²) in [5.41, 5.74) is 0.638. The molecule has 0 saturated carbocycles. The van der Waals surface area contributed by atoms with Gasteiger partial charge < -0.3 is 10.1 Å². The van der Waals surface area contributed by atoms with Gasteiger partial charge in [0.25, 0.3) is 10.2 Å². The second-order valence-electron chi connectivity index (χ2n) is 9.13. The fourth-order valence-corrected chi connectivity index (χ4v) is 5.31. The van der Waals surface area contributed by atoms with E-state index in [-0.39, 0.29) is 11.8 Å². The zero-order valence-electron chi connectivity index (χ0n) is 19.6. The van der Waals surface area contributed by atoms with Gasteiger partial charge in [-0.3, -0.25) is 4.79 Å². The van der Waals surface area contributed by atoms with Crippen molar-refractivity contribution < 1.29 is 17.9 Å². The molecule has 8 heteroatoms. The number of carbonyl (C=O) groups is 1. The molecule has 1 heterocycles. The summed E-state index contributed by atoms with van der Waals surface area (Å²) >= 11 is 0. The first-order valence-electron chi connectivity index (χ1n) is 11.3. The maximum Gasteiger partial charge on any atom is 0.281 e. The van der Waals surface area contributed by atoms with Crippen molar-refractivity contribution in [3.05, 3.63) is 24.3 Å². The third kappa shape index (κ3) is 7.47. The molecule has 1 aromatic carbocycles. The fourth-order valence-electron chi connectivity index (χ4n) is 3.64. The van der Waals surface area contributed by atoms with Gasteiger partial charge in [0, 0.05) is 32.1 Å². The van der Waals surface area contributed by atoms with Crippen LogP contribution in [0.3, 0.4) is 0 Å². The minimum absolute atomic E-state index is 0.0852. The van der Waals surface area contributed by atoms with Crippen molar-refractivity contribution in [3.8, 4) is 5.75 Å². The largest absolute Gasteiger partial charge is 0.495 e. The average Bonchev–Trinajstić information content (AvgIpc) is 2.73. The van der Waals surface area contributed by atoms with E-state index >= 15 is 0 Å². The average molecular weight is 454 g/mol. The van der Waals surface area contributed by atoms with Crippen LogP contribution in [0.5, 0.6) is 5.75 Å². The molecule has 176 valence electrons. The fraction of sp³-hybridized carbons (Fsp3) is 0.696. The highest BCUT2D eigenvalue weighted by atomic mass is 32.2. The molecule has 0 aliphatic carbocycles. The van der Waals surface area contributed by atoms with Crippen molar-refractivity contribution in [2.45, 2.75) is 53.4 Å². The Balaban J connectivity index is 1.98. The van der Waals surface area contributed by atoms with E-state index < -0.39 is 10.2 Å². The monoisotopic (exact) mass is 453 g/mol. The van der Waals surface area contributed by atoms with Crippen LogP contribution in [0.2, 0.25) is 0 Å². The van der Waals surface area contributed by atoms with Crippen LogP contribution in [0, 0.1) is 17.8 Å². The summed E-state index contributed by atoms with van der Waals surface area (Å²) in [5, 5.41) is 2.93. The van der Waals surface area contributed by atoms with Gasteiger partial charge in [-0.05, 0) is 49.7 Å². The molecule has 31 heavy (non-hydrogen) atoms. The summed E-state index contributed by atoms with van der Waals surface area (Å²) in [7, 11) is -1.95. The van der Waals surface area contributed by atoms with Gasteiger partial charge in [-0.25, -0.2) is 0 Å². The highest BCUT2D eigenvalue weighted by Crippen LogP contribution is 2.27. The summed E-state index contributed by atoms with van der Waals surface area (Å²) in [6, 6.07) is 7.30. The van der Waals surface area contributed by atoms with E-state index in [0.29, 0.717) is 62.3 Å². The van der Waals surface area contributed by atoms with Gasteiger partial charge in [-0.15, -0.1) is 0 Å². The van der Waals surface area contributed by atoms with E-state index in [4.69, 9.17) is 4.74 Å². The Morgan fingerprint density at radius 1 is 1.10 bits per heavy atom. The lowest BCUT2D eigenvalue weighted by Crippen LogP contribution is -2.49. The molecule has 0 spiro atoms. The highest BCUT2D eigenvalue weighted by Gasteiger charge is 2.34. The topological polar surface area (TPSA) is 79.0 Å². The van der Waals surface area contributed by atoms with Crippen molar-refractivity contribution in [2.75, 3.05) is 38.6 Å². The molecule has 0 atom stereocenters. The second kappa shape index (κ2) is 11.8. The number of carbonyl (C=O) groups excluding carboxylic acids is 1. The molecule has 1 N–H and O–H groups in total. The summed E-state index contributed by atoms with van der Waals surface area (Å²) < 4.78 is 35.1. The van der Waals surface area contributed by atoms with Crippen molar-refractivity contribution in [1.29, 1.82) is 0 Å². The lowest BCUT2D eigenvalue weighted by atomic mass is 9.97. The van der Waals surface area contributed by atoms with Crippen molar-refractivity contribution >= 4 is 21.8 Å². The number of methoxy groups -OCH3 is 1. The Kier molecular flexibility index (Phi) is 9.78. The minimum Gasteiger partial charge on any atom is -0.495 e. The van der Waals surface area contributed by atoms with Crippen LogP contribution in [-0.4, -0.2) is 56.2 Å². The maximum absolute atomic E-state index is 13.3. The van der Waals surface area contributed by atoms with E-state index in [9.17, 15) is 13.2 Å². The number of amides is 1. The Labute approximate surface area is 188 Å². The first kappa shape index (κ1) is 25.6. The van der Waals surface area contributed by atoms with Gasteiger partial charge in [-0.2, -0.15) is 17.0 Å². The molecule has 2 rings (SSSR count). The Hall–Kier alpha value is -1.64. The smallest absolute Gasteiger partial charge is 0.281 e. The number of hydrogen-bond acceptors (Lipinski definition) is 4. The van der Waals surface area contributed by atoms with E-state index in [0.717, 1.165) is 12.8 Å². The van der Waals surface area contributed by atoms with Crippen LogP contribution in [0.4, 0.5) is 5.69 Å². The number of rotatable bonds is 11. The van der Waals surface area contributed by atoms with E-state index in [2.05, 4.69) is 33.0 Å². The number of benzene rings is 1. The molecular formula is C23H39N3O4S. The number of hydrogen-bond donors (Lipinski definition) is 1. The van der Waals surface area contributed by atoms with E-state index in [1.165, 1.54) is 0 Å². The van der Waals surface area contributed by atoms with Gasteiger partial charge in [0.05, 0.1) is 12.8 Å². The Bertz CT molecular complexity index is 791. The highest BCUT2D eigenvalue weighted by molar-refractivity contribution is 7.86. The summed E-state index contributed by atoms with van der Waals surface area (Å²) in [6.45, 7) is 10.3. The number of ether oxygens (including phenoxy) is 1. The normalized spacial score (nSPS) is 16.3. The summed E-state index contributed by atoms with van der Waals surface area (Å²) in [5.74, 6) is 1.21. The van der Waals surface area contributed by atoms with E-state index in [1.807, 2.05) is 12.1 Å². The molecule has 0 aromatic heterocycles. The number of anilines is 1. The van der Waals surface area contributed by atoms with Crippen molar-refractivity contribution in [1.82, 2.24) is 8.61 Å².